The number of hydrogen-bond donors (Lipinski definition) is 1. The van der Waals surface area contributed by atoms with Gasteiger partial charge in [0.05, 0.1) is 10.7 Å². The third-order valence-corrected chi connectivity index (χ3v) is 3.30. The highest BCUT2D eigenvalue weighted by Crippen LogP contribution is 2.31. The zero-order chi connectivity index (χ0) is 13.2. The summed E-state index contributed by atoms with van der Waals surface area (Å²) in [5, 5.41) is 18.2. The molecule has 0 bridgehead atoms. The number of hydrogen-bond acceptors (Lipinski definition) is 7. The lowest BCUT2D eigenvalue weighted by atomic mass is 10.3. The first-order valence-corrected chi connectivity index (χ1v) is 6.36. The van der Waals surface area contributed by atoms with Crippen LogP contribution in [0.25, 0.3) is 11.2 Å². The van der Waals surface area contributed by atoms with Crippen LogP contribution in [0.3, 0.4) is 0 Å². The SMILES string of the molecule is Oc1ccc(N=Nc2snc3nccnc23)cc1Cl. The van der Waals surface area contributed by atoms with Crippen LogP contribution in [0.5, 0.6) is 5.75 Å². The first kappa shape index (κ1) is 11.9. The molecule has 19 heavy (non-hydrogen) atoms. The highest BCUT2D eigenvalue weighted by Gasteiger charge is 2.07. The first-order chi connectivity index (χ1) is 9.24. The second-order valence-electron chi connectivity index (χ2n) is 3.55. The smallest absolute Gasteiger partial charge is 0.193 e. The molecular formula is C11H6ClN5OS. The molecule has 0 aliphatic carbocycles. The molecule has 8 heteroatoms. The van der Waals surface area contributed by atoms with E-state index in [0.717, 1.165) is 0 Å². The molecule has 3 aromatic rings. The molecule has 0 amide bonds. The van der Waals surface area contributed by atoms with Gasteiger partial charge in [-0.1, -0.05) is 11.6 Å². The van der Waals surface area contributed by atoms with E-state index in [1.54, 1.807) is 18.5 Å². The van der Waals surface area contributed by atoms with Gasteiger partial charge in [0.25, 0.3) is 0 Å². The van der Waals surface area contributed by atoms with Crippen molar-refractivity contribution in [3.63, 3.8) is 0 Å². The summed E-state index contributed by atoms with van der Waals surface area (Å²) in [5.74, 6) is 0.00900. The molecule has 0 spiro atoms. The molecule has 1 aromatic carbocycles. The van der Waals surface area contributed by atoms with E-state index in [-0.39, 0.29) is 10.8 Å². The molecule has 0 fully saturated rings. The van der Waals surface area contributed by atoms with Gasteiger partial charge in [-0.15, -0.1) is 10.2 Å². The van der Waals surface area contributed by atoms with E-state index in [2.05, 4.69) is 24.6 Å². The monoisotopic (exact) mass is 291 g/mol. The quantitative estimate of drug-likeness (QED) is 0.727. The van der Waals surface area contributed by atoms with Gasteiger partial charge in [-0.3, -0.25) is 0 Å². The molecule has 0 unspecified atom stereocenters. The summed E-state index contributed by atoms with van der Waals surface area (Å²) in [4.78, 5) is 8.21. The Labute approximate surface area is 116 Å². The summed E-state index contributed by atoms with van der Waals surface area (Å²) in [7, 11) is 0. The first-order valence-electron chi connectivity index (χ1n) is 5.21. The van der Waals surface area contributed by atoms with Gasteiger partial charge in [0.2, 0.25) is 0 Å². The van der Waals surface area contributed by atoms with Crippen LogP contribution in [-0.2, 0) is 0 Å². The van der Waals surface area contributed by atoms with Crippen molar-refractivity contribution < 1.29 is 5.11 Å². The highest BCUT2D eigenvalue weighted by atomic mass is 35.5. The van der Waals surface area contributed by atoms with E-state index in [9.17, 15) is 5.11 Å². The molecule has 94 valence electrons. The lowest BCUT2D eigenvalue weighted by Gasteiger charge is -1.96. The standard InChI is InChI=1S/C11H6ClN5OS/c12-7-5-6(1-2-8(7)18)15-16-11-9-10(17-19-11)14-4-3-13-9/h1-5,18H. The van der Waals surface area contributed by atoms with E-state index in [1.807, 2.05) is 0 Å². The predicted octanol–water partition coefficient (Wildman–Crippen LogP) is 3.86. The number of aromatic nitrogens is 3. The van der Waals surface area contributed by atoms with E-state index in [1.165, 1.54) is 23.7 Å². The Morgan fingerprint density at radius 2 is 2.00 bits per heavy atom. The van der Waals surface area contributed by atoms with Gasteiger partial charge in [-0.05, 0) is 29.7 Å². The van der Waals surface area contributed by atoms with Gasteiger partial charge in [0, 0.05) is 12.4 Å². The number of fused-ring (bicyclic) bond motifs is 1. The molecule has 0 aliphatic rings. The number of phenols is 1. The molecule has 6 nitrogen and oxygen atoms in total. The maximum atomic E-state index is 9.31. The normalized spacial score (nSPS) is 11.4. The topological polar surface area (TPSA) is 83.6 Å². The third-order valence-electron chi connectivity index (χ3n) is 2.29. The van der Waals surface area contributed by atoms with Gasteiger partial charge in [-0.25, -0.2) is 9.97 Å². The summed E-state index contributed by atoms with van der Waals surface area (Å²) in [6.45, 7) is 0. The molecule has 0 saturated carbocycles. The van der Waals surface area contributed by atoms with Crippen molar-refractivity contribution in [1.82, 2.24) is 14.3 Å². The fourth-order valence-electron chi connectivity index (χ4n) is 1.40. The summed E-state index contributed by atoms with van der Waals surface area (Å²) in [5.41, 5.74) is 1.69. The van der Waals surface area contributed by atoms with Crippen LogP contribution in [0.2, 0.25) is 5.02 Å². The van der Waals surface area contributed by atoms with Gasteiger partial charge in [0.1, 0.15) is 11.3 Å². The number of rotatable bonds is 2. The summed E-state index contributed by atoms with van der Waals surface area (Å²) >= 11 is 6.96. The Kier molecular flexibility index (Phi) is 3.06. The number of nitrogens with zero attached hydrogens (tertiary/aromatic N) is 5. The minimum absolute atomic E-state index is 0.00900. The Bertz CT molecular complexity index is 773. The second-order valence-corrected chi connectivity index (χ2v) is 4.71. The number of aromatic hydroxyl groups is 1. The molecule has 0 aliphatic heterocycles. The number of phenolic OH excluding ortho intramolecular Hbond substituents is 1. The summed E-state index contributed by atoms with van der Waals surface area (Å²) in [6.07, 6.45) is 3.15. The van der Waals surface area contributed by atoms with Crippen molar-refractivity contribution in [2.24, 2.45) is 10.2 Å². The lowest BCUT2D eigenvalue weighted by Crippen LogP contribution is -1.76. The van der Waals surface area contributed by atoms with Gasteiger partial charge in [-0.2, -0.15) is 4.37 Å². The van der Waals surface area contributed by atoms with Crippen molar-refractivity contribution >= 4 is 45.0 Å². The molecule has 2 heterocycles. The average Bonchev–Trinajstić information content (AvgIpc) is 2.83. The lowest BCUT2D eigenvalue weighted by molar-refractivity contribution is 0.475. The molecular weight excluding hydrogens is 286 g/mol. The Morgan fingerprint density at radius 3 is 2.84 bits per heavy atom. The Morgan fingerprint density at radius 1 is 1.16 bits per heavy atom. The zero-order valence-corrected chi connectivity index (χ0v) is 10.9. The van der Waals surface area contributed by atoms with Crippen LogP contribution in [-0.4, -0.2) is 19.4 Å². The minimum Gasteiger partial charge on any atom is -0.506 e. The van der Waals surface area contributed by atoms with E-state index < -0.39 is 0 Å². The number of halogens is 1. The van der Waals surface area contributed by atoms with Crippen LogP contribution in [0.15, 0.2) is 40.8 Å². The van der Waals surface area contributed by atoms with Gasteiger partial charge < -0.3 is 5.11 Å². The molecule has 0 radical (unpaired) electrons. The van der Waals surface area contributed by atoms with Crippen molar-refractivity contribution in [1.29, 1.82) is 0 Å². The molecule has 1 N–H and O–H groups in total. The number of azo groups is 1. The van der Waals surface area contributed by atoms with Crippen LogP contribution in [0.1, 0.15) is 0 Å². The van der Waals surface area contributed by atoms with Gasteiger partial charge >= 0.3 is 0 Å². The minimum atomic E-state index is 0.00900. The summed E-state index contributed by atoms with van der Waals surface area (Å²) < 4.78 is 4.11. The average molecular weight is 292 g/mol. The Hall–Kier alpha value is -2.12. The molecule has 2 aromatic heterocycles. The molecule has 0 saturated heterocycles. The fourth-order valence-corrected chi connectivity index (χ4v) is 2.19. The van der Waals surface area contributed by atoms with Crippen LogP contribution >= 0.6 is 23.1 Å². The highest BCUT2D eigenvalue weighted by molar-refractivity contribution is 7.11. The van der Waals surface area contributed by atoms with E-state index in [0.29, 0.717) is 21.9 Å². The Balaban J connectivity index is 1.96. The zero-order valence-electron chi connectivity index (χ0n) is 9.36. The number of benzene rings is 1. The van der Waals surface area contributed by atoms with Crippen molar-refractivity contribution in [2.75, 3.05) is 0 Å². The van der Waals surface area contributed by atoms with Gasteiger partial charge in [0.15, 0.2) is 10.6 Å². The molecule has 3 rings (SSSR count). The van der Waals surface area contributed by atoms with E-state index >= 15 is 0 Å². The largest absolute Gasteiger partial charge is 0.506 e. The second kappa shape index (κ2) is 4.87. The fraction of sp³-hybridized carbons (Fsp3) is 0. The maximum absolute atomic E-state index is 9.31. The van der Waals surface area contributed by atoms with Crippen LogP contribution < -0.4 is 0 Å². The molecule has 0 atom stereocenters. The maximum Gasteiger partial charge on any atom is 0.193 e. The predicted molar refractivity (Wildman–Crippen MR) is 72.5 cm³/mol. The van der Waals surface area contributed by atoms with Crippen LogP contribution in [0, 0.1) is 0 Å². The third kappa shape index (κ3) is 2.38. The van der Waals surface area contributed by atoms with Crippen molar-refractivity contribution in [3.05, 3.63) is 35.6 Å². The van der Waals surface area contributed by atoms with Crippen molar-refractivity contribution in [2.45, 2.75) is 0 Å². The van der Waals surface area contributed by atoms with Crippen LogP contribution in [0.4, 0.5) is 10.7 Å². The van der Waals surface area contributed by atoms with Crippen molar-refractivity contribution in [3.8, 4) is 5.75 Å². The van der Waals surface area contributed by atoms with E-state index in [4.69, 9.17) is 11.6 Å². The summed E-state index contributed by atoms with van der Waals surface area (Å²) in [6, 6.07) is 4.59.